The lowest BCUT2D eigenvalue weighted by Gasteiger charge is -1.99. The Morgan fingerprint density at radius 3 is 3.25 bits per heavy atom. The van der Waals surface area contributed by atoms with E-state index in [4.69, 9.17) is 0 Å². The number of aromatic nitrogens is 1. The molecule has 0 aliphatic carbocycles. The zero-order chi connectivity index (χ0) is 8.39. The maximum absolute atomic E-state index is 4.16. The first-order chi connectivity index (χ1) is 5.92. The minimum absolute atomic E-state index is 0.912. The Hall–Kier alpha value is -0.930. The van der Waals surface area contributed by atoms with E-state index in [1.807, 2.05) is 13.2 Å². The van der Waals surface area contributed by atoms with Gasteiger partial charge in [-0.25, -0.2) is 0 Å². The minimum atomic E-state index is 0.912. The number of hydrogen-bond acceptors (Lipinski definition) is 3. The van der Waals surface area contributed by atoms with Crippen molar-refractivity contribution in [3.63, 3.8) is 0 Å². The second-order valence-corrected chi connectivity index (χ2v) is 3.52. The maximum atomic E-state index is 4.16. The zero-order valence-electron chi connectivity index (χ0n) is 6.87. The Labute approximate surface area is 75.4 Å². The van der Waals surface area contributed by atoms with Gasteiger partial charge in [0.05, 0.1) is 4.70 Å². The van der Waals surface area contributed by atoms with Gasteiger partial charge in [-0.15, -0.1) is 0 Å². The van der Waals surface area contributed by atoms with Gasteiger partial charge < -0.3 is 5.32 Å². The molecular formula is C9H10N2S. The average Bonchev–Trinajstić information content (AvgIpc) is 2.53. The Balaban J connectivity index is 2.57. The van der Waals surface area contributed by atoms with Crippen molar-refractivity contribution in [1.82, 2.24) is 9.69 Å². The van der Waals surface area contributed by atoms with Crippen LogP contribution in [-0.2, 0) is 6.54 Å². The molecule has 1 N–H and O–H groups in total. The van der Waals surface area contributed by atoms with Crippen molar-refractivity contribution in [3.05, 3.63) is 30.0 Å². The third-order valence-electron chi connectivity index (χ3n) is 1.86. The molecule has 0 fully saturated rings. The largest absolute Gasteiger partial charge is 0.316 e. The molecule has 1 aromatic carbocycles. The molecule has 2 rings (SSSR count). The van der Waals surface area contributed by atoms with Gasteiger partial charge in [-0.1, -0.05) is 12.1 Å². The molecule has 2 nitrogen and oxygen atoms in total. The van der Waals surface area contributed by atoms with E-state index in [1.165, 1.54) is 15.6 Å². The number of nitrogens with one attached hydrogen (secondary N) is 1. The van der Waals surface area contributed by atoms with E-state index in [0.717, 1.165) is 6.54 Å². The van der Waals surface area contributed by atoms with Crippen molar-refractivity contribution >= 4 is 21.6 Å². The highest BCUT2D eigenvalue weighted by Gasteiger charge is 2.00. The van der Waals surface area contributed by atoms with Crippen LogP contribution in [0.5, 0.6) is 0 Å². The highest BCUT2D eigenvalue weighted by atomic mass is 32.1. The summed E-state index contributed by atoms with van der Waals surface area (Å²) in [6.07, 6.45) is 1.94. The van der Waals surface area contributed by atoms with Crippen LogP contribution < -0.4 is 5.32 Å². The van der Waals surface area contributed by atoms with Crippen LogP contribution in [-0.4, -0.2) is 11.4 Å². The molecule has 0 aliphatic rings. The molecule has 1 heterocycles. The van der Waals surface area contributed by atoms with Crippen molar-refractivity contribution < 1.29 is 0 Å². The fourth-order valence-electron chi connectivity index (χ4n) is 1.30. The third-order valence-corrected chi connectivity index (χ3v) is 2.62. The summed E-state index contributed by atoms with van der Waals surface area (Å²) in [6.45, 7) is 0.912. The fraction of sp³-hybridized carbons (Fsp3) is 0.222. The van der Waals surface area contributed by atoms with Gasteiger partial charge in [0.1, 0.15) is 0 Å². The van der Waals surface area contributed by atoms with Gasteiger partial charge in [-0.2, -0.15) is 4.37 Å². The molecule has 62 valence electrons. The summed E-state index contributed by atoms with van der Waals surface area (Å²) >= 11 is 1.55. The van der Waals surface area contributed by atoms with E-state index in [9.17, 15) is 0 Å². The Morgan fingerprint density at radius 1 is 1.50 bits per heavy atom. The normalized spacial score (nSPS) is 10.8. The quantitative estimate of drug-likeness (QED) is 0.761. The van der Waals surface area contributed by atoms with Crippen molar-refractivity contribution in [3.8, 4) is 0 Å². The van der Waals surface area contributed by atoms with E-state index < -0.39 is 0 Å². The monoisotopic (exact) mass is 178 g/mol. The highest BCUT2D eigenvalue weighted by Crippen LogP contribution is 2.21. The Morgan fingerprint density at radius 2 is 2.42 bits per heavy atom. The molecule has 0 atom stereocenters. The SMILES string of the molecule is CNCc1cccc2sncc12. The third kappa shape index (κ3) is 1.21. The van der Waals surface area contributed by atoms with E-state index >= 15 is 0 Å². The van der Waals surface area contributed by atoms with Crippen LogP contribution in [0.4, 0.5) is 0 Å². The molecule has 0 bridgehead atoms. The predicted octanol–water partition coefficient (Wildman–Crippen LogP) is 2.02. The van der Waals surface area contributed by atoms with Crippen LogP contribution in [0.2, 0.25) is 0 Å². The zero-order valence-corrected chi connectivity index (χ0v) is 7.69. The van der Waals surface area contributed by atoms with Gasteiger partial charge in [0.25, 0.3) is 0 Å². The first kappa shape index (κ1) is 7.71. The van der Waals surface area contributed by atoms with Gasteiger partial charge in [-0.05, 0) is 30.2 Å². The summed E-state index contributed by atoms with van der Waals surface area (Å²) in [5, 5.41) is 4.42. The summed E-state index contributed by atoms with van der Waals surface area (Å²) in [5.74, 6) is 0. The van der Waals surface area contributed by atoms with Crippen molar-refractivity contribution in [2.24, 2.45) is 0 Å². The van der Waals surface area contributed by atoms with Crippen LogP contribution in [0.1, 0.15) is 5.56 Å². The maximum Gasteiger partial charge on any atom is 0.0553 e. The topological polar surface area (TPSA) is 24.9 Å². The number of benzene rings is 1. The van der Waals surface area contributed by atoms with Gasteiger partial charge in [-0.3, -0.25) is 0 Å². The fourth-order valence-corrected chi connectivity index (χ4v) is 1.99. The molecule has 0 saturated heterocycles. The van der Waals surface area contributed by atoms with Gasteiger partial charge >= 0.3 is 0 Å². The van der Waals surface area contributed by atoms with Crippen LogP contribution >= 0.6 is 11.5 Å². The summed E-state index contributed by atoms with van der Waals surface area (Å²) in [5.41, 5.74) is 1.32. The molecule has 0 unspecified atom stereocenters. The number of rotatable bonds is 2. The van der Waals surface area contributed by atoms with Crippen LogP contribution in [0, 0.1) is 0 Å². The molecule has 3 heteroatoms. The molecule has 1 aromatic heterocycles. The van der Waals surface area contributed by atoms with Gasteiger partial charge in [0, 0.05) is 18.1 Å². The van der Waals surface area contributed by atoms with E-state index in [0.29, 0.717) is 0 Å². The summed E-state index contributed by atoms with van der Waals surface area (Å²) in [7, 11) is 1.96. The summed E-state index contributed by atoms with van der Waals surface area (Å²) in [6, 6.07) is 6.31. The number of nitrogens with zero attached hydrogens (tertiary/aromatic N) is 1. The van der Waals surface area contributed by atoms with Crippen molar-refractivity contribution in [1.29, 1.82) is 0 Å². The number of hydrogen-bond donors (Lipinski definition) is 1. The smallest absolute Gasteiger partial charge is 0.0553 e. The van der Waals surface area contributed by atoms with Crippen LogP contribution in [0.15, 0.2) is 24.4 Å². The van der Waals surface area contributed by atoms with Crippen LogP contribution in [0.25, 0.3) is 10.1 Å². The molecule has 2 aromatic rings. The lowest BCUT2D eigenvalue weighted by molar-refractivity contribution is 0.824. The standard InChI is InChI=1S/C9H10N2S/c1-10-5-7-3-2-4-9-8(7)6-11-12-9/h2-4,6,10H,5H2,1H3. The molecule has 0 radical (unpaired) electrons. The minimum Gasteiger partial charge on any atom is -0.316 e. The Kier molecular flexibility index (Phi) is 2.06. The Bertz CT molecular complexity index is 381. The lowest BCUT2D eigenvalue weighted by Crippen LogP contribution is -2.04. The lowest BCUT2D eigenvalue weighted by atomic mass is 10.1. The molecule has 0 aliphatic heterocycles. The molecule has 12 heavy (non-hydrogen) atoms. The summed E-state index contributed by atoms with van der Waals surface area (Å²) in [4.78, 5) is 0. The second kappa shape index (κ2) is 3.21. The first-order valence-electron chi connectivity index (χ1n) is 3.88. The van der Waals surface area contributed by atoms with Gasteiger partial charge in [0.2, 0.25) is 0 Å². The first-order valence-corrected chi connectivity index (χ1v) is 4.66. The van der Waals surface area contributed by atoms with Gasteiger partial charge in [0.15, 0.2) is 0 Å². The van der Waals surface area contributed by atoms with E-state index in [2.05, 4.69) is 27.9 Å². The van der Waals surface area contributed by atoms with Crippen LogP contribution in [0.3, 0.4) is 0 Å². The van der Waals surface area contributed by atoms with E-state index in [1.54, 1.807) is 11.5 Å². The molecular weight excluding hydrogens is 168 g/mol. The molecule has 0 saturated carbocycles. The summed E-state index contributed by atoms with van der Waals surface area (Å²) < 4.78 is 5.42. The van der Waals surface area contributed by atoms with E-state index in [-0.39, 0.29) is 0 Å². The highest BCUT2D eigenvalue weighted by molar-refractivity contribution is 7.13. The predicted molar refractivity (Wildman–Crippen MR) is 52.4 cm³/mol. The number of fused-ring (bicyclic) bond motifs is 1. The molecule has 0 amide bonds. The molecule has 0 spiro atoms. The van der Waals surface area contributed by atoms with Crippen molar-refractivity contribution in [2.45, 2.75) is 6.54 Å². The average molecular weight is 178 g/mol. The van der Waals surface area contributed by atoms with Crippen molar-refractivity contribution in [2.75, 3.05) is 7.05 Å². The second-order valence-electron chi connectivity index (χ2n) is 2.69.